The highest BCUT2D eigenvalue weighted by Gasteiger charge is 2.44. The fourth-order valence-corrected chi connectivity index (χ4v) is 7.56. The molecule has 0 bridgehead atoms. The second-order valence-electron chi connectivity index (χ2n) is 12.6. The van der Waals surface area contributed by atoms with E-state index >= 15 is 0 Å². The van der Waals surface area contributed by atoms with Gasteiger partial charge in [-0.25, -0.2) is 0 Å². The summed E-state index contributed by atoms with van der Waals surface area (Å²) in [5.74, 6) is 2.87. The van der Waals surface area contributed by atoms with Gasteiger partial charge in [-0.15, -0.1) is 0 Å². The summed E-state index contributed by atoms with van der Waals surface area (Å²) in [5, 5.41) is 14.9. The second-order valence-corrected chi connectivity index (χ2v) is 12.6. The highest BCUT2D eigenvalue weighted by atomic mass is 16.5. The summed E-state index contributed by atoms with van der Waals surface area (Å²) in [6.45, 7) is 11.9. The predicted molar refractivity (Wildman–Crippen MR) is 148 cm³/mol. The van der Waals surface area contributed by atoms with Crippen LogP contribution >= 0.6 is 0 Å². The molecule has 7 unspecified atom stereocenters. The minimum atomic E-state index is -0.150. The first-order valence-corrected chi connectivity index (χ1v) is 15.0. The van der Waals surface area contributed by atoms with Crippen molar-refractivity contribution in [3.05, 3.63) is 29.3 Å². The summed E-state index contributed by atoms with van der Waals surface area (Å²) in [6.07, 6.45) is 7.16. The molecule has 7 atom stereocenters. The molecule has 4 N–H and O–H groups in total. The number of para-hydroxylation sites is 1. The predicted octanol–water partition coefficient (Wildman–Crippen LogP) is 2.54. The molecule has 0 aromatic heterocycles. The molecule has 1 aliphatic carbocycles. The lowest BCUT2D eigenvalue weighted by Crippen LogP contribution is -2.60. The standard InChI is InChI=1S/C30H47N5O2/c1-19-4-3-5-22-15-26(33-27(19)22)30(36)34-29(21-6-7-21)28-20(2)14-24(17-32-28)23-8-9-25(31-16-23)18-35-10-12-37-13-11-35/h3-5,20-21,23-26,28-29,31-33H,6-18H2,1-2H3,(H,34,36). The van der Waals surface area contributed by atoms with Gasteiger partial charge in [0.25, 0.3) is 0 Å². The molecule has 204 valence electrons. The van der Waals surface area contributed by atoms with Crippen LogP contribution in [0, 0.1) is 30.6 Å². The Morgan fingerprint density at radius 2 is 1.92 bits per heavy atom. The molecule has 0 spiro atoms. The lowest BCUT2D eigenvalue weighted by molar-refractivity contribution is -0.123. The molecule has 3 saturated heterocycles. The van der Waals surface area contributed by atoms with Gasteiger partial charge < -0.3 is 26.0 Å². The minimum absolute atomic E-state index is 0.150. The van der Waals surface area contributed by atoms with Crippen molar-refractivity contribution >= 4 is 11.6 Å². The van der Waals surface area contributed by atoms with Crippen LogP contribution in [0.2, 0.25) is 0 Å². The molecule has 37 heavy (non-hydrogen) atoms. The molecule has 6 rings (SSSR count). The van der Waals surface area contributed by atoms with Crippen LogP contribution in [0.1, 0.15) is 50.2 Å². The number of nitrogens with one attached hydrogen (secondary N) is 4. The topological polar surface area (TPSA) is 77.7 Å². The van der Waals surface area contributed by atoms with Crippen LogP contribution in [0.25, 0.3) is 0 Å². The third-order valence-corrected chi connectivity index (χ3v) is 9.95. The summed E-state index contributed by atoms with van der Waals surface area (Å²) < 4.78 is 5.51. The summed E-state index contributed by atoms with van der Waals surface area (Å²) in [7, 11) is 0. The number of nitrogens with zero attached hydrogens (tertiary/aromatic N) is 1. The van der Waals surface area contributed by atoms with E-state index in [1.807, 2.05) is 0 Å². The average Bonchev–Trinajstić information content (AvgIpc) is 3.66. The third kappa shape index (κ3) is 5.85. The van der Waals surface area contributed by atoms with Crippen molar-refractivity contribution < 1.29 is 9.53 Å². The van der Waals surface area contributed by atoms with Crippen LogP contribution in [-0.2, 0) is 16.0 Å². The summed E-state index contributed by atoms with van der Waals surface area (Å²) >= 11 is 0. The zero-order valence-corrected chi connectivity index (χ0v) is 22.8. The summed E-state index contributed by atoms with van der Waals surface area (Å²) in [5.41, 5.74) is 3.65. The molecule has 4 fully saturated rings. The summed E-state index contributed by atoms with van der Waals surface area (Å²) in [6, 6.07) is 7.47. The molecule has 1 saturated carbocycles. The number of carbonyl (C=O) groups excluding carboxylic acids is 1. The van der Waals surface area contributed by atoms with Crippen LogP contribution in [0.15, 0.2) is 18.2 Å². The van der Waals surface area contributed by atoms with Crippen LogP contribution in [-0.4, -0.2) is 80.9 Å². The average molecular weight is 510 g/mol. The van der Waals surface area contributed by atoms with Crippen LogP contribution < -0.4 is 21.3 Å². The maximum atomic E-state index is 13.4. The normalized spacial score (nSPS) is 35.4. The fourth-order valence-electron chi connectivity index (χ4n) is 7.56. The molecular weight excluding hydrogens is 462 g/mol. The van der Waals surface area contributed by atoms with E-state index in [9.17, 15) is 4.79 Å². The van der Waals surface area contributed by atoms with Crippen molar-refractivity contribution in [2.75, 3.05) is 51.3 Å². The number of hydrogen-bond donors (Lipinski definition) is 4. The number of hydrogen-bond acceptors (Lipinski definition) is 6. The lowest BCUT2D eigenvalue weighted by Gasteiger charge is -2.44. The van der Waals surface area contributed by atoms with Crippen LogP contribution in [0.4, 0.5) is 5.69 Å². The highest BCUT2D eigenvalue weighted by molar-refractivity contribution is 5.88. The Balaban J connectivity index is 0.996. The van der Waals surface area contributed by atoms with E-state index in [1.165, 1.54) is 49.8 Å². The van der Waals surface area contributed by atoms with Gasteiger partial charge in [0.1, 0.15) is 6.04 Å². The zero-order chi connectivity index (χ0) is 25.4. The molecule has 7 heteroatoms. The third-order valence-electron chi connectivity index (χ3n) is 9.95. The molecule has 4 aliphatic heterocycles. The van der Waals surface area contributed by atoms with E-state index in [4.69, 9.17) is 4.74 Å². The highest BCUT2D eigenvalue weighted by Crippen LogP contribution is 2.39. The van der Waals surface area contributed by atoms with Gasteiger partial charge >= 0.3 is 0 Å². The molecule has 7 nitrogen and oxygen atoms in total. The second kappa shape index (κ2) is 11.2. The lowest BCUT2D eigenvalue weighted by atomic mass is 9.74. The molecule has 4 heterocycles. The van der Waals surface area contributed by atoms with E-state index in [1.54, 1.807) is 0 Å². The number of ether oxygens (including phenoxy) is 1. The Morgan fingerprint density at radius 1 is 1.11 bits per heavy atom. The minimum Gasteiger partial charge on any atom is -0.379 e. The first-order chi connectivity index (χ1) is 18.0. The smallest absolute Gasteiger partial charge is 0.243 e. The monoisotopic (exact) mass is 509 g/mol. The van der Waals surface area contributed by atoms with Gasteiger partial charge in [0.2, 0.25) is 5.91 Å². The van der Waals surface area contributed by atoms with Gasteiger partial charge in [-0.2, -0.15) is 0 Å². The van der Waals surface area contributed by atoms with Crippen molar-refractivity contribution in [3.8, 4) is 0 Å². The molecule has 0 radical (unpaired) electrons. The Labute approximate surface area is 222 Å². The molecular formula is C30H47N5O2. The first kappa shape index (κ1) is 25.6. The largest absolute Gasteiger partial charge is 0.379 e. The van der Waals surface area contributed by atoms with Crippen LogP contribution in [0.5, 0.6) is 0 Å². The van der Waals surface area contributed by atoms with Gasteiger partial charge in [0.15, 0.2) is 0 Å². The van der Waals surface area contributed by atoms with E-state index in [-0.39, 0.29) is 18.0 Å². The van der Waals surface area contributed by atoms with E-state index in [0.29, 0.717) is 23.9 Å². The molecule has 1 aromatic rings. The Bertz CT molecular complexity index is 938. The number of carbonyl (C=O) groups is 1. The van der Waals surface area contributed by atoms with Crippen molar-refractivity contribution in [3.63, 3.8) is 0 Å². The van der Waals surface area contributed by atoms with Gasteiger partial charge in [-0.3, -0.25) is 9.69 Å². The number of anilines is 1. The Kier molecular flexibility index (Phi) is 7.76. The Hall–Kier alpha value is -1.67. The molecule has 1 aromatic carbocycles. The van der Waals surface area contributed by atoms with E-state index in [2.05, 4.69) is 58.2 Å². The number of piperidine rings is 2. The number of benzene rings is 1. The van der Waals surface area contributed by atoms with Gasteiger partial charge in [0.05, 0.1) is 13.2 Å². The van der Waals surface area contributed by atoms with Crippen molar-refractivity contribution in [2.24, 2.45) is 23.7 Å². The van der Waals surface area contributed by atoms with Gasteiger partial charge in [0, 0.05) is 49.9 Å². The maximum absolute atomic E-state index is 13.4. The van der Waals surface area contributed by atoms with E-state index < -0.39 is 0 Å². The SMILES string of the molecule is Cc1cccc2c1NC(C(=O)NC(C1CC1)C1NCC(C3CCC(CN4CCOCC4)NC3)CC1C)C2. The zero-order valence-electron chi connectivity index (χ0n) is 22.8. The molecule has 1 amide bonds. The Morgan fingerprint density at radius 3 is 2.62 bits per heavy atom. The van der Waals surface area contributed by atoms with Gasteiger partial charge in [-0.1, -0.05) is 25.1 Å². The van der Waals surface area contributed by atoms with Crippen molar-refractivity contribution in [2.45, 2.75) is 76.5 Å². The van der Waals surface area contributed by atoms with Crippen LogP contribution in [0.3, 0.4) is 0 Å². The maximum Gasteiger partial charge on any atom is 0.243 e. The van der Waals surface area contributed by atoms with Gasteiger partial charge in [-0.05, 0) is 86.9 Å². The number of morpholine rings is 1. The molecule has 5 aliphatic rings. The number of aryl methyl sites for hydroxylation is 1. The number of rotatable bonds is 7. The first-order valence-electron chi connectivity index (χ1n) is 15.0. The number of fused-ring (bicyclic) bond motifs is 1. The quantitative estimate of drug-likeness (QED) is 0.453. The van der Waals surface area contributed by atoms with Crippen molar-refractivity contribution in [1.82, 2.24) is 20.9 Å². The van der Waals surface area contributed by atoms with E-state index in [0.717, 1.165) is 63.3 Å². The number of amides is 1. The fraction of sp³-hybridized carbons (Fsp3) is 0.767. The van der Waals surface area contributed by atoms with Crippen molar-refractivity contribution in [1.29, 1.82) is 0 Å². The summed E-state index contributed by atoms with van der Waals surface area (Å²) in [4.78, 5) is 15.9.